The molecule has 7 nitrogen and oxygen atoms in total. The van der Waals surface area contributed by atoms with E-state index in [1.165, 1.54) is 12.1 Å². The fraction of sp³-hybridized carbons (Fsp3) is 0.176. The topological polar surface area (TPSA) is 112 Å². The van der Waals surface area contributed by atoms with Crippen molar-refractivity contribution in [3.8, 4) is 0 Å². The zero-order chi connectivity index (χ0) is 18.9. The summed E-state index contributed by atoms with van der Waals surface area (Å²) < 4.78 is 28.2. The van der Waals surface area contributed by atoms with E-state index in [0.717, 1.165) is 18.4 Å². The van der Waals surface area contributed by atoms with Crippen LogP contribution in [0.15, 0.2) is 55.4 Å². The molecule has 0 saturated heterocycles. The monoisotopic (exact) mass is 437 g/mol. The molecule has 0 spiro atoms. The lowest BCUT2D eigenvalue weighted by atomic mass is 10.1. The second kappa shape index (κ2) is 7.08. The largest absolute Gasteiger partial charge is 0.316 e. The molecule has 9 heteroatoms. The summed E-state index contributed by atoms with van der Waals surface area (Å²) in [6.07, 6.45) is 1.93. The predicted molar refractivity (Wildman–Crippen MR) is 104 cm³/mol. The van der Waals surface area contributed by atoms with E-state index >= 15 is 0 Å². The lowest BCUT2D eigenvalue weighted by molar-refractivity contribution is 0.601. The van der Waals surface area contributed by atoms with Crippen LogP contribution in [0.2, 0.25) is 0 Å². The number of H-pyrrole nitrogens is 2. The van der Waals surface area contributed by atoms with E-state index in [1.54, 1.807) is 12.1 Å². The second-order valence-corrected chi connectivity index (χ2v) is 8.29. The van der Waals surface area contributed by atoms with Gasteiger partial charge in [-0.3, -0.25) is 14.3 Å². The fourth-order valence-corrected chi connectivity index (χ4v) is 4.69. The van der Waals surface area contributed by atoms with Crippen molar-refractivity contribution in [3.63, 3.8) is 0 Å². The average Bonchev–Trinajstić information content (AvgIpc) is 2.57. The van der Waals surface area contributed by atoms with Crippen molar-refractivity contribution >= 4 is 42.7 Å². The zero-order valence-corrected chi connectivity index (χ0v) is 16.2. The highest BCUT2D eigenvalue weighted by atomic mass is 79.9. The van der Waals surface area contributed by atoms with Gasteiger partial charge in [0, 0.05) is 10.2 Å². The van der Waals surface area contributed by atoms with Crippen LogP contribution in [0.3, 0.4) is 0 Å². The first-order valence-electron chi connectivity index (χ1n) is 7.88. The molecular formula is C17H16BrN3O4S. The molecule has 3 aromatic rings. The quantitative estimate of drug-likeness (QED) is 0.532. The Hall–Kier alpha value is -2.39. The molecule has 0 aliphatic carbocycles. The molecule has 1 heterocycles. The molecule has 0 fully saturated rings. The van der Waals surface area contributed by atoms with Crippen LogP contribution in [0.4, 0.5) is 5.69 Å². The Morgan fingerprint density at radius 1 is 1.00 bits per heavy atom. The molecule has 0 unspecified atom stereocenters. The van der Waals surface area contributed by atoms with E-state index in [-0.39, 0.29) is 14.9 Å². The van der Waals surface area contributed by atoms with Gasteiger partial charge in [0.05, 0.1) is 11.0 Å². The number of aryl methyl sites for hydroxylation is 1. The first-order valence-corrected chi connectivity index (χ1v) is 10.2. The molecule has 0 radical (unpaired) electrons. The molecule has 0 aliphatic rings. The Kier molecular flexibility index (Phi) is 5.01. The summed E-state index contributed by atoms with van der Waals surface area (Å²) in [5.41, 5.74) is 0.462. The number of nitrogens with one attached hydrogen (secondary N) is 3. The molecule has 1 aromatic heterocycles. The Morgan fingerprint density at radius 2 is 1.58 bits per heavy atom. The van der Waals surface area contributed by atoms with Gasteiger partial charge >= 0.3 is 11.1 Å². The third kappa shape index (κ3) is 3.73. The minimum atomic E-state index is -3.89. The molecule has 26 heavy (non-hydrogen) atoms. The summed E-state index contributed by atoms with van der Waals surface area (Å²) in [5.74, 6) is 0. The predicted octanol–water partition coefficient (Wildman–Crippen LogP) is 2.73. The van der Waals surface area contributed by atoms with Gasteiger partial charge in [0.15, 0.2) is 0 Å². The van der Waals surface area contributed by atoms with Gasteiger partial charge in [-0.1, -0.05) is 25.5 Å². The minimum Gasteiger partial charge on any atom is -0.316 e. The van der Waals surface area contributed by atoms with Crippen LogP contribution < -0.4 is 15.8 Å². The summed E-state index contributed by atoms with van der Waals surface area (Å²) in [7, 11) is -3.89. The molecule has 0 bridgehead atoms. The third-order valence-electron chi connectivity index (χ3n) is 3.81. The standard InChI is InChI=1S/C17H16BrN3O4S/c1-2-3-10-4-6-11(7-5-10)21-26(24,25)15-9-14-13(8-12(15)18)19-16(22)17(23)20-14/h4-9,21H,2-3H2,1H3,(H,19,22)(H,20,23). The highest BCUT2D eigenvalue weighted by molar-refractivity contribution is 9.10. The van der Waals surface area contributed by atoms with Crippen LogP contribution in [0, 0.1) is 0 Å². The Balaban J connectivity index is 2.00. The van der Waals surface area contributed by atoms with Gasteiger partial charge in [0.25, 0.3) is 10.0 Å². The number of benzene rings is 2. The van der Waals surface area contributed by atoms with Crippen molar-refractivity contribution in [2.75, 3.05) is 4.72 Å². The van der Waals surface area contributed by atoms with Gasteiger partial charge in [-0.15, -0.1) is 0 Å². The lowest BCUT2D eigenvalue weighted by Crippen LogP contribution is -2.29. The Morgan fingerprint density at radius 3 is 2.15 bits per heavy atom. The van der Waals surface area contributed by atoms with Crippen LogP contribution in [0.1, 0.15) is 18.9 Å². The minimum absolute atomic E-state index is 0.0506. The summed E-state index contributed by atoms with van der Waals surface area (Å²) in [6, 6.07) is 9.89. The highest BCUT2D eigenvalue weighted by Gasteiger charge is 2.19. The molecule has 0 amide bonds. The van der Waals surface area contributed by atoms with Crippen molar-refractivity contribution < 1.29 is 8.42 Å². The SMILES string of the molecule is CCCc1ccc(NS(=O)(=O)c2cc3[nH]c(=O)c(=O)[nH]c3cc2Br)cc1. The van der Waals surface area contributed by atoms with Crippen LogP contribution in [-0.4, -0.2) is 18.4 Å². The van der Waals surface area contributed by atoms with Crippen LogP contribution in [0.5, 0.6) is 0 Å². The first kappa shape index (κ1) is 18.4. The molecule has 0 saturated carbocycles. The maximum atomic E-state index is 12.7. The Labute approximate surface area is 157 Å². The Bertz CT molecular complexity index is 1180. The zero-order valence-electron chi connectivity index (χ0n) is 13.8. The van der Waals surface area contributed by atoms with E-state index in [9.17, 15) is 18.0 Å². The molecule has 2 aromatic carbocycles. The highest BCUT2D eigenvalue weighted by Crippen LogP contribution is 2.27. The van der Waals surface area contributed by atoms with Gasteiger partial charge in [0.2, 0.25) is 0 Å². The number of anilines is 1. The first-order chi connectivity index (χ1) is 12.3. The average molecular weight is 438 g/mol. The number of hydrogen-bond acceptors (Lipinski definition) is 4. The van der Waals surface area contributed by atoms with Crippen LogP contribution in [-0.2, 0) is 16.4 Å². The van der Waals surface area contributed by atoms with Gasteiger partial charge in [-0.25, -0.2) is 8.42 Å². The van der Waals surface area contributed by atoms with Gasteiger partial charge in [-0.2, -0.15) is 0 Å². The third-order valence-corrected chi connectivity index (χ3v) is 6.15. The number of aromatic amines is 2. The number of rotatable bonds is 5. The van der Waals surface area contributed by atoms with Crippen molar-refractivity contribution in [3.05, 3.63) is 67.1 Å². The van der Waals surface area contributed by atoms with Crippen molar-refractivity contribution in [2.24, 2.45) is 0 Å². The normalized spacial score (nSPS) is 11.6. The molecule has 3 N–H and O–H groups in total. The maximum absolute atomic E-state index is 12.7. The van der Waals surface area contributed by atoms with Gasteiger partial charge < -0.3 is 9.97 Å². The maximum Gasteiger partial charge on any atom is 0.314 e. The number of sulfonamides is 1. The second-order valence-electron chi connectivity index (χ2n) is 5.79. The lowest BCUT2D eigenvalue weighted by Gasteiger charge is -2.11. The summed E-state index contributed by atoms with van der Waals surface area (Å²) in [6.45, 7) is 2.07. The fourth-order valence-electron chi connectivity index (χ4n) is 2.56. The summed E-state index contributed by atoms with van der Waals surface area (Å²) >= 11 is 3.21. The van der Waals surface area contributed by atoms with Crippen molar-refractivity contribution in [2.45, 2.75) is 24.7 Å². The van der Waals surface area contributed by atoms with E-state index in [0.29, 0.717) is 11.2 Å². The number of hydrogen-bond donors (Lipinski definition) is 3. The van der Waals surface area contributed by atoms with E-state index in [4.69, 9.17) is 0 Å². The molecule has 0 atom stereocenters. The summed E-state index contributed by atoms with van der Waals surface area (Å²) in [4.78, 5) is 27.6. The van der Waals surface area contributed by atoms with Crippen molar-refractivity contribution in [1.29, 1.82) is 0 Å². The smallest absolute Gasteiger partial charge is 0.314 e. The van der Waals surface area contributed by atoms with E-state index in [2.05, 4.69) is 37.5 Å². The molecule has 0 aliphatic heterocycles. The van der Waals surface area contributed by atoms with Crippen LogP contribution in [0.25, 0.3) is 11.0 Å². The molecule has 136 valence electrons. The number of halogens is 1. The van der Waals surface area contributed by atoms with Crippen molar-refractivity contribution in [1.82, 2.24) is 9.97 Å². The van der Waals surface area contributed by atoms with Gasteiger partial charge in [0.1, 0.15) is 4.90 Å². The van der Waals surface area contributed by atoms with E-state index in [1.807, 2.05) is 12.1 Å². The number of fused-ring (bicyclic) bond motifs is 1. The van der Waals surface area contributed by atoms with E-state index < -0.39 is 21.1 Å². The van der Waals surface area contributed by atoms with Crippen LogP contribution >= 0.6 is 15.9 Å². The summed E-state index contributed by atoms with van der Waals surface area (Å²) in [5, 5.41) is 0. The molecule has 3 rings (SSSR count). The number of aromatic nitrogens is 2. The molecular weight excluding hydrogens is 422 g/mol. The van der Waals surface area contributed by atoms with Gasteiger partial charge in [-0.05, 0) is 52.2 Å².